The summed E-state index contributed by atoms with van der Waals surface area (Å²) in [7, 11) is 0. The minimum atomic E-state index is -0.396. The summed E-state index contributed by atoms with van der Waals surface area (Å²) >= 11 is 0. The molecule has 1 aliphatic rings. The van der Waals surface area contributed by atoms with Gasteiger partial charge in [0.25, 0.3) is 5.69 Å². The van der Waals surface area contributed by atoms with Gasteiger partial charge in [0.05, 0.1) is 16.3 Å². The number of non-ortho nitro benzene ring substituents is 1. The summed E-state index contributed by atoms with van der Waals surface area (Å²) in [6.45, 7) is 2.93. The molecule has 3 aromatic rings. The molecule has 0 radical (unpaired) electrons. The lowest BCUT2D eigenvalue weighted by Gasteiger charge is -2.06. The second kappa shape index (κ2) is 5.49. The Bertz CT molecular complexity index is 911. The van der Waals surface area contributed by atoms with Gasteiger partial charge in [0.1, 0.15) is 5.82 Å². The molecule has 0 saturated heterocycles. The van der Waals surface area contributed by atoms with Crippen molar-refractivity contribution in [3.8, 4) is 16.9 Å². The Morgan fingerprint density at radius 1 is 1.12 bits per heavy atom. The summed E-state index contributed by atoms with van der Waals surface area (Å²) in [5.74, 6) is 0.972. The first-order valence-corrected chi connectivity index (χ1v) is 7.81. The molecule has 24 heavy (non-hydrogen) atoms. The summed E-state index contributed by atoms with van der Waals surface area (Å²) in [4.78, 5) is 10.4. The third-order valence-corrected chi connectivity index (χ3v) is 4.28. The number of aryl methyl sites for hydroxylation is 1. The average molecular weight is 320 g/mol. The van der Waals surface area contributed by atoms with Crippen LogP contribution >= 0.6 is 0 Å². The standard InChI is InChI=1S/C18H16N4O2/c1-12-2-4-13(5-3-12)17-16-10-11-19-18(16)21(20-17)14-6-8-15(9-7-14)22(23)24/h2-9,19H,10-11H2,1H3. The highest BCUT2D eigenvalue weighted by atomic mass is 16.6. The van der Waals surface area contributed by atoms with Crippen molar-refractivity contribution in [2.45, 2.75) is 13.3 Å². The average Bonchev–Trinajstić information content (AvgIpc) is 3.18. The second-order valence-corrected chi connectivity index (χ2v) is 5.90. The molecule has 0 amide bonds. The van der Waals surface area contributed by atoms with E-state index in [-0.39, 0.29) is 5.69 Å². The number of anilines is 1. The van der Waals surface area contributed by atoms with E-state index in [9.17, 15) is 10.1 Å². The van der Waals surface area contributed by atoms with Gasteiger partial charge < -0.3 is 5.32 Å². The van der Waals surface area contributed by atoms with Gasteiger partial charge in [0, 0.05) is 29.8 Å². The quantitative estimate of drug-likeness (QED) is 0.589. The van der Waals surface area contributed by atoms with Gasteiger partial charge in [-0.2, -0.15) is 5.10 Å². The van der Waals surface area contributed by atoms with Crippen molar-refractivity contribution < 1.29 is 4.92 Å². The van der Waals surface area contributed by atoms with Gasteiger partial charge >= 0.3 is 0 Å². The van der Waals surface area contributed by atoms with Crippen molar-refractivity contribution in [1.82, 2.24) is 9.78 Å². The number of nitro benzene ring substituents is 1. The monoisotopic (exact) mass is 320 g/mol. The van der Waals surface area contributed by atoms with E-state index < -0.39 is 4.92 Å². The van der Waals surface area contributed by atoms with E-state index in [1.165, 1.54) is 23.3 Å². The van der Waals surface area contributed by atoms with Gasteiger partial charge in [-0.3, -0.25) is 10.1 Å². The SMILES string of the molecule is Cc1ccc(-c2nn(-c3ccc([N+](=O)[O-])cc3)c3c2CCN3)cc1. The molecule has 0 saturated carbocycles. The molecular weight excluding hydrogens is 304 g/mol. The first-order chi connectivity index (χ1) is 11.6. The minimum Gasteiger partial charge on any atom is -0.369 e. The van der Waals surface area contributed by atoms with Crippen molar-refractivity contribution in [3.63, 3.8) is 0 Å². The number of benzene rings is 2. The number of hydrogen-bond acceptors (Lipinski definition) is 4. The molecule has 2 heterocycles. The van der Waals surface area contributed by atoms with E-state index in [0.29, 0.717) is 0 Å². The summed E-state index contributed by atoms with van der Waals surface area (Å²) < 4.78 is 1.83. The fourth-order valence-electron chi connectivity index (χ4n) is 3.02. The summed E-state index contributed by atoms with van der Waals surface area (Å²) in [6, 6.07) is 14.8. The molecule has 0 unspecified atom stereocenters. The van der Waals surface area contributed by atoms with Gasteiger partial charge in [0.2, 0.25) is 0 Å². The molecule has 6 heteroatoms. The highest BCUT2D eigenvalue weighted by Crippen LogP contribution is 2.34. The van der Waals surface area contributed by atoms with Crippen molar-refractivity contribution in [1.29, 1.82) is 0 Å². The molecule has 0 fully saturated rings. The summed E-state index contributed by atoms with van der Waals surface area (Å²) in [5, 5.41) is 19.0. The molecular formula is C18H16N4O2. The molecule has 0 aliphatic carbocycles. The molecule has 6 nitrogen and oxygen atoms in total. The van der Waals surface area contributed by atoms with Crippen molar-refractivity contribution in [3.05, 3.63) is 69.8 Å². The van der Waals surface area contributed by atoms with Crippen LogP contribution in [-0.2, 0) is 6.42 Å². The van der Waals surface area contributed by atoms with Crippen LogP contribution in [0.1, 0.15) is 11.1 Å². The highest BCUT2D eigenvalue weighted by molar-refractivity contribution is 5.73. The van der Waals surface area contributed by atoms with Gasteiger partial charge in [-0.25, -0.2) is 4.68 Å². The molecule has 0 atom stereocenters. The molecule has 0 bridgehead atoms. The van der Waals surface area contributed by atoms with Gasteiger partial charge in [-0.1, -0.05) is 29.8 Å². The van der Waals surface area contributed by atoms with Crippen LogP contribution in [0.2, 0.25) is 0 Å². The molecule has 4 rings (SSSR count). The predicted octanol–water partition coefficient (Wildman–Crippen LogP) is 3.72. The van der Waals surface area contributed by atoms with Crippen LogP contribution in [-0.4, -0.2) is 21.2 Å². The molecule has 1 aromatic heterocycles. The first kappa shape index (κ1) is 14.4. The molecule has 1 N–H and O–H groups in total. The third-order valence-electron chi connectivity index (χ3n) is 4.28. The largest absolute Gasteiger partial charge is 0.369 e. The van der Waals surface area contributed by atoms with Crippen LogP contribution in [0.5, 0.6) is 0 Å². The zero-order chi connectivity index (χ0) is 16.7. The Hall–Kier alpha value is -3.15. The zero-order valence-electron chi connectivity index (χ0n) is 13.2. The van der Waals surface area contributed by atoms with E-state index in [0.717, 1.165) is 35.7 Å². The maximum absolute atomic E-state index is 10.8. The lowest BCUT2D eigenvalue weighted by Crippen LogP contribution is -2.04. The molecule has 0 spiro atoms. The van der Waals surface area contributed by atoms with E-state index in [4.69, 9.17) is 5.10 Å². The Labute approximate surface area is 138 Å². The second-order valence-electron chi connectivity index (χ2n) is 5.90. The van der Waals surface area contributed by atoms with E-state index in [1.54, 1.807) is 12.1 Å². The Morgan fingerprint density at radius 3 is 2.50 bits per heavy atom. The number of rotatable bonds is 3. The van der Waals surface area contributed by atoms with Crippen molar-refractivity contribution in [2.75, 3.05) is 11.9 Å². The van der Waals surface area contributed by atoms with E-state index in [1.807, 2.05) is 4.68 Å². The maximum atomic E-state index is 10.8. The number of nitrogens with one attached hydrogen (secondary N) is 1. The highest BCUT2D eigenvalue weighted by Gasteiger charge is 2.24. The number of aromatic nitrogens is 2. The van der Waals surface area contributed by atoms with Gasteiger partial charge in [0.15, 0.2) is 0 Å². The predicted molar refractivity (Wildman–Crippen MR) is 92.6 cm³/mol. The Morgan fingerprint density at radius 2 is 1.83 bits per heavy atom. The molecule has 120 valence electrons. The number of nitro groups is 1. The number of nitrogens with zero attached hydrogens (tertiary/aromatic N) is 3. The van der Waals surface area contributed by atoms with Crippen LogP contribution in [0, 0.1) is 17.0 Å². The minimum absolute atomic E-state index is 0.0780. The van der Waals surface area contributed by atoms with Crippen LogP contribution in [0.3, 0.4) is 0 Å². The van der Waals surface area contributed by atoms with Crippen molar-refractivity contribution in [2.24, 2.45) is 0 Å². The lowest BCUT2D eigenvalue weighted by molar-refractivity contribution is -0.384. The number of fused-ring (bicyclic) bond motifs is 1. The fraction of sp³-hybridized carbons (Fsp3) is 0.167. The zero-order valence-corrected chi connectivity index (χ0v) is 13.2. The van der Waals surface area contributed by atoms with Crippen LogP contribution < -0.4 is 5.32 Å². The summed E-state index contributed by atoms with van der Waals surface area (Å²) in [5.41, 5.74) is 5.34. The Kier molecular flexibility index (Phi) is 3.30. The van der Waals surface area contributed by atoms with E-state index >= 15 is 0 Å². The van der Waals surface area contributed by atoms with Crippen LogP contribution in [0.15, 0.2) is 48.5 Å². The van der Waals surface area contributed by atoms with Gasteiger partial charge in [-0.15, -0.1) is 0 Å². The summed E-state index contributed by atoms with van der Waals surface area (Å²) in [6.07, 6.45) is 0.922. The lowest BCUT2D eigenvalue weighted by atomic mass is 10.1. The third kappa shape index (κ3) is 2.32. The van der Waals surface area contributed by atoms with Crippen molar-refractivity contribution >= 4 is 11.5 Å². The molecule has 1 aliphatic heterocycles. The van der Waals surface area contributed by atoms with Crippen LogP contribution in [0.4, 0.5) is 11.5 Å². The maximum Gasteiger partial charge on any atom is 0.269 e. The van der Waals surface area contributed by atoms with Gasteiger partial charge in [-0.05, 0) is 25.5 Å². The topological polar surface area (TPSA) is 73.0 Å². The number of hydrogen-bond donors (Lipinski definition) is 1. The fourth-order valence-corrected chi connectivity index (χ4v) is 3.02. The first-order valence-electron chi connectivity index (χ1n) is 7.81. The Balaban J connectivity index is 1.81. The smallest absolute Gasteiger partial charge is 0.269 e. The van der Waals surface area contributed by atoms with E-state index in [2.05, 4.69) is 36.5 Å². The normalized spacial score (nSPS) is 12.7. The molecule has 2 aromatic carbocycles. The van der Waals surface area contributed by atoms with Crippen LogP contribution in [0.25, 0.3) is 16.9 Å².